The van der Waals surface area contributed by atoms with Crippen LogP contribution in [0.15, 0.2) is 47.4 Å². The second-order valence-corrected chi connectivity index (χ2v) is 8.68. The average molecular weight is 372 g/mol. The third-order valence-electron chi connectivity index (χ3n) is 4.98. The molecule has 0 saturated heterocycles. The Morgan fingerprint density at radius 1 is 1.12 bits per heavy atom. The lowest BCUT2D eigenvalue weighted by molar-refractivity contribution is 0.0931. The zero-order valence-electron chi connectivity index (χ0n) is 15.2. The van der Waals surface area contributed by atoms with Gasteiger partial charge in [0.1, 0.15) is 0 Å². The molecule has 138 valence electrons. The van der Waals surface area contributed by atoms with Crippen LogP contribution >= 0.6 is 0 Å². The summed E-state index contributed by atoms with van der Waals surface area (Å²) in [7, 11) is -2.25. The predicted molar refractivity (Wildman–Crippen MR) is 102 cm³/mol. The molecule has 3 rings (SSSR count). The Balaban J connectivity index is 1.92. The van der Waals surface area contributed by atoms with Crippen LogP contribution in [0.25, 0.3) is 0 Å². The number of amides is 1. The van der Waals surface area contributed by atoms with Crippen molar-refractivity contribution in [3.63, 3.8) is 0 Å². The molecule has 0 bridgehead atoms. The summed E-state index contributed by atoms with van der Waals surface area (Å²) < 4.78 is 26.9. The van der Waals surface area contributed by atoms with Crippen molar-refractivity contribution in [3.05, 3.63) is 64.7 Å². The Morgan fingerprint density at radius 3 is 2.35 bits per heavy atom. The first-order valence-corrected chi connectivity index (χ1v) is 10.2. The summed E-state index contributed by atoms with van der Waals surface area (Å²) in [4.78, 5) is 13.0. The minimum Gasteiger partial charge on any atom is -0.345 e. The predicted octanol–water partition coefficient (Wildman–Crippen LogP) is 3.09. The molecule has 1 saturated carbocycles. The first kappa shape index (κ1) is 18.6. The quantitative estimate of drug-likeness (QED) is 0.818. The molecule has 0 heterocycles. The van der Waals surface area contributed by atoms with Crippen LogP contribution in [0.2, 0.25) is 0 Å². The number of sulfonamides is 1. The lowest BCUT2D eigenvalue weighted by atomic mass is 10.0. The van der Waals surface area contributed by atoms with Crippen LogP contribution in [-0.4, -0.2) is 21.4 Å². The molecule has 0 spiro atoms. The van der Waals surface area contributed by atoms with E-state index >= 15 is 0 Å². The lowest BCUT2D eigenvalue weighted by Crippen LogP contribution is -2.30. The molecule has 0 radical (unpaired) electrons. The summed E-state index contributed by atoms with van der Waals surface area (Å²) in [6.07, 6.45) is 2.18. The average Bonchev–Trinajstić information content (AvgIpc) is 3.47. The van der Waals surface area contributed by atoms with Gasteiger partial charge >= 0.3 is 0 Å². The zero-order chi connectivity index (χ0) is 18.9. The smallest absolute Gasteiger partial charge is 0.251 e. The Labute approximate surface area is 154 Å². The highest BCUT2D eigenvalue weighted by molar-refractivity contribution is 7.89. The standard InChI is InChI=1S/C20H24N2O3S/c1-13-11-17(12-18(14(13)2)26(24,25)21-3)20(23)22-19(16-9-10-16)15-7-5-4-6-8-15/h4-8,11-12,16,19,21H,9-10H2,1-3H3,(H,22,23). The molecule has 2 N–H and O–H groups in total. The summed E-state index contributed by atoms with van der Waals surface area (Å²) in [6.45, 7) is 3.56. The van der Waals surface area contributed by atoms with Gasteiger partial charge in [-0.1, -0.05) is 30.3 Å². The highest BCUT2D eigenvalue weighted by atomic mass is 32.2. The van der Waals surface area contributed by atoms with Crippen molar-refractivity contribution in [3.8, 4) is 0 Å². The maximum atomic E-state index is 12.9. The number of carbonyl (C=O) groups is 1. The Kier molecular flexibility index (Phi) is 5.16. The van der Waals surface area contributed by atoms with Crippen LogP contribution in [0.4, 0.5) is 0 Å². The van der Waals surface area contributed by atoms with Gasteiger partial charge in [-0.25, -0.2) is 13.1 Å². The van der Waals surface area contributed by atoms with E-state index in [0.29, 0.717) is 17.0 Å². The largest absolute Gasteiger partial charge is 0.345 e. The third kappa shape index (κ3) is 3.81. The molecule has 1 atom stereocenters. The van der Waals surface area contributed by atoms with Gasteiger partial charge < -0.3 is 5.32 Å². The van der Waals surface area contributed by atoms with E-state index in [1.165, 1.54) is 13.1 Å². The summed E-state index contributed by atoms with van der Waals surface area (Å²) in [6, 6.07) is 13.1. The molecule has 1 amide bonds. The first-order chi connectivity index (χ1) is 12.3. The van der Waals surface area contributed by atoms with Crippen LogP contribution in [-0.2, 0) is 10.0 Å². The van der Waals surface area contributed by atoms with Gasteiger partial charge in [0.15, 0.2) is 0 Å². The SMILES string of the molecule is CNS(=O)(=O)c1cc(C(=O)NC(c2ccccc2)C2CC2)cc(C)c1C. The molecule has 2 aromatic rings. The van der Waals surface area contributed by atoms with E-state index in [1.54, 1.807) is 13.0 Å². The molecule has 26 heavy (non-hydrogen) atoms. The number of rotatable bonds is 6. The molecule has 1 aliphatic rings. The summed E-state index contributed by atoms with van der Waals surface area (Å²) in [5.74, 6) is 0.190. The van der Waals surface area contributed by atoms with Gasteiger partial charge in [0.05, 0.1) is 10.9 Å². The van der Waals surface area contributed by atoms with Gasteiger partial charge in [0.2, 0.25) is 10.0 Å². The van der Waals surface area contributed by atoms with Crippen molar-refractivity contribution in [2.24, 2.45) is 5.92 Å². The van der Waals surface area contributed by atoms with E-state index in [1.807, 2.05) is 37.3 Å². The minimum absolute atomic E-state index is 0.0466. The Morgan fingerprint density at radius 2 is 1.77 bits per heavy atom. The number of nitrogens with one attached hydrogen (secondary N) is 2. The summed E-state index contributed by atoms with van der Waals surface area (Å²) >= 11 is 0. The van der Waals surface area contributed by atoms with Crippen molar-refractivity contribution in [2.45, 2.75) is 37.6 Å². The van der Waals surface area contributed by atoms with Gasteiger partial charge in [-0.2, -0.15) is 0 Å². The van der Waals surface area contributed by atoms with Crippen molar-refractivity contribution in [1.82, 2.24) is 10.0 Å². The molecule has 0 aliphatic heterocycles. The number of hydrogen-bond acceptors (Lipinski definition) is 3. The molecular weight excluding hydrogens is 348 g/mol. The molecule has 6 heteroatoms. The Hall–Kier alpha value is -2.18. The van der Waals surface area contributed by atoms with Gasteiger partial charge in [0, 0.05) is 5.56 Å². The minimum atomic E-state index is -3.62. The van der Waals surface area contributed by atoms with Crippen molar-refractivity contribution in [2.75, 3.05) is 7.05 Å². The number of aryl methyl sites for hydroxylation is 1. The van der Waals surface area contributed by atoms with Crippen LogP contribution in [0, 0.1) is 19.8 Å². The first-order valence-electron chi connectivity index (χ1n) is 8.74. The molecule has 2 aromatic carbocycles. The summed E-state index contributed by atoms with van der Waals surface area (Å²) in [5, 5.41) is 3.10. The van der Waals surface area contributed by atoms with E-state index in [9.17, 15) is 13.2 Å². The normalized spacial score (nSPS) is 15.5. The molecule has 1 fully saturated rings. The van der Waals surface area contributed by atoms with Crippen LogP contribution in [0.5, 0.6) is 0 Å². The van der Waals surface area contributed by atoms with E-state index in [0.717, 1.165) is 24.0 Å². The lowest BCUT2D eigenvalue weighted by Gasteiger charge is -2.20. The second-order valence-electron chi connectivity index (χ2n) is 6.82. The van der Waals surface area contributed by atoms with Gasteiger partial charge in [-0.15, -0.1) is 0 Å². The summed E-state index contributed by atoms with van der Waals surface area (Å²) in [5.41, 5.74) is 2.87. The van der Waals surface area contributed by atoms with E-state index in [2.05, 4.69) is 10.0 Å². The van der Waals surface area contributed by atoms with Crippen LogP contribution in [0.3, 0.4) is 0 Å². The van der Waals surface area contributed by atoms with Crippen LogP contribution < -0.4 is 10.0 Å². The fourth-order valence-electron chi connectivity index (χ4n) is 3.14. The Bertz CT molecular complexity index is 920. The van der Waals surface area contributed by atoms with Crippen LogP contribution in [0.1, 0.15) is 45.9 Å². The molecule has 0 aromatic heterocycles. The van der Waals surface area contributed by atoms with Crippen molar-refractivity contribution >= 4 is 15.9 Å². The third-order valence-corrected chi connectivity index (χ3v) is 6.52. The fraction of sp³-hybridized carbons (Fsp3) is 0.350. The molecule has 5 nitrogen and oxygen atoms in total. The molecular formula is C20H24N2O3S. The maximum absolute atomic E-state index is 12.9. The van der Waals surface area contributed by atoms with Gasteiger partial charge in [-0.3, -0.25) is 4.79 Å². The van der Waals surface area contributed by atoms with Crippen molar-refractivity contribution < 1.29 is 13.2 Å². The fourth-order valence-corrected chi connectivity index (χ4v) is 4.20. The molecule has 1 aliphatic carbocycles. The number of benzene rings is 2. The molecule has 1 unspecified atom stereocenters. The van der Waals surface area contributed by atoms with Crippen molar-refractivity contribution in [1.29, 1.82) is 0 Å². The topological polar surface area (TPSA) is 75.3 Å². The van der Waals surface area contributed by atoms with E-state index in [4.69, 9.17) is 0 Å². The van der Waals surface area contributed by atoms with Gasteiger partial charge in [-0.05, 0) is 68.5 Å². The zero-order valence-corrected chi connectivity index (χ0v) is 16.1. The number of carbonyl (C=O) groups excluding carboxylic acids is 1. The van der Waals surface area contributed by atoms with E-state index in [-0.39, 0.29) is 16.8 Å². The van der Waals surface area contributed by atoms with Gasteiger partial charge in [0.25, 0.3) is 5.91 Å². The second kappa shape index (κ2) is 7.21. The monoisotopic (exact) mass is 372 g/mol. The highest BCUT2D eigenvalue weighted by Gasteiger charge is 2.33. The highest BCUT2D eigenvalue weighted by Crippen LogP contribution is 2.41. The number of hydrogen-bond donors (Lipinski definition) is 2. The maximum Gasteiger partial charge on any atom is 0.251 e. The van der Waals surface area contributed by atoms with E-state index < -0.39 is 10.0 Å².